The molecule has 0 amide bonds. The predicted octanol–water partition coefficient (Wildman–Crippen LogP) is 3.35. The van der Waals surface area contributed by atoms with E-state index in [1.54, 1.807) is 6.07 Å². The molecule has 0 spiro atoms. The van der Waals surface area contributed by atoms with Crippen LogP contribution in [-0.2, 0) is 6.42 Å². The summed E-state index contributed by atoms with van der Waals surface area (Å²) in [6.07, 6.45) is 0.736. The molecule has 3 nitrogen and oxygen atoms in total. The molecule has 2 aromatic carbocycles. The highest BCUT2D eigenvalue weighted by Crippen LogP contribution is 2.37. The molecule has 0 aliphatic carbocycles. The van der Waals surface area contributed by atoms with Gasteiger partial charge in [-0.2, -0.15) is 0 Å². The van der Waals surface area contributed by atoms with E-state index in [1.165, 1.54) is 5.56 Å². The molecule has 2 aromatic rings. The van der Waals surface area contributed by atoms with Crippen LogP contribution in [-0.4, -0.2) is 13.2 Å². The van der Waals surface area contributed by atoms with Crippen LogP contribution in [0.15, 0.2) is 42.5 Å². The number of rotatable bonds is 3. The van der Waals surface area contributed by atoms with E-state index < -0.39 is 0 Å². The summed E-state index contributed by atoms with van der Waals surface area (Å²) in [6, 6.07) is 13.6. The van der Waals surface area contributed by atoms with E-state index in [9.17, 15) is 0 Å². The highest BCUT2D eigenvalue weighted by molar-refractivity contribution is 6.31. The molecular formula is C16H16ClNO2. The first-order valence-electron chi connectivity index (χ1n) is 6.62. The lowest BCUT2D eigenvalue weighted by atomic mass is 9.99. The number of hydrogen-bond donors (Lipinski definition) is 1. The first-order valence-corrected chi connectivity index (χ1v) is 7.00. The van der Waals surface area contributed by atoms with Gasteiger partial charge in [-0.25, -0.2) is 0 Å². The fourth-order valence-corrected chi connectivity index (χ4v) is 2.64. The Kier molecular flexibility index (Phi) is 3.81. The van der Waals surface area contributed by atoms with Crippen molar-refractivity contribution in [3.05, 3.63) is 58.6 Å². The summed E-state index contributed by atoms with van der Waals surface area (Å²) in [7, 11) is 0. The summed E-state index contributed by atoms with van der Waals surface area (Å²) in [5, 5.41) is 0.623. The van der Waals surface area contributed by atoms with Crippen molar-refractivity contribution >= 4 is 11.6 Å². The van der Waals surface area contributed by atoms with E-state index in [0.29, 0.717) is 24.0 Å². The van der Waals surface area contributed by atoms with Gasteiger partial charge in [0.1, 0.15) is 13.2 Å². The zero-order chi connectivity index (χ0) is 13.9. The van der Waals surface area contributed by atoms with Crippen LogP contribution in [0.4, 0.5) is 0 Å². The standard InChI is InChI=1S/C16H16ClNO2/c17-13-10-16-15(19-6-7-20-16)9-12(13)14(18)8-11-4-2-1-3-5-11/h1-5,9-10,14H,6-8,18H2. The molecule has 20 heavy (non-hydrogen) atoms. The maximum Gasteiger partial charge on any atom is 0.162 e. The van der Waals surface area contributed by atoms with Crippen LogP contribution in [0.3, 0.4) is 0 Å². The van der Waals surface area contributed by atoms with Gasteiger partial charge < -0.3 is 15.2 Å². The number of fused-ring (bicyclic) bond motifs is 1. The van der Waals surface area contributed by atoms with E-state index in [-0.39, 0.29) is 6.04 Å². The summed E-state index contributed by atoms with van der Waals surface area (Å²) >= 11 is 6.31. The van der Waals surface area contributed by atoms with Crippen molar-refractivity contribution in [3.63, 3.8) is 0 Å². The molecule has 0 aromatic heterocycles. The van der Waals surface area contributed by atoms with E-state index in [2.05, 4.69) is 12.1 Å². The molecule has 1 heterocycles. The van der Waals surface area contributed by atoms with Crippen LogP contribution in [0.25, 0.3) is 0 Å². The average molecular weight is 290 g/mol. The lowest BCUT2D eigenvalue weighted by molar-refractivity contribution is 0.171. The molecule has 4 heteroatoms. The largest absolute Gasteiger partial charge is 0.486 e. The van der Waals surface area contributed by atoms with Gasteiger partial charge in [0.05, 0.1) is 0 Å². The molecule has 0 fully saturated rings. The predicted molar refractivity (Wildman–Crippen MR) is 79.5 cm³/mol. The van der Waals surface area contributed by atoms with Gasteiger partial charge in [-0.3, -0.25) is 0 Å². The molecule has 1 unspecified atom stereocenters. The minimum absolute atomic E-state index is 0.166. The minimum Gasteiger partial charge on any atom is -0.486 e. The average Bonchev–Trinajstić information content (AvgIpc) is 2.47. The Labute approximate surface area is 123 Å². The summed E-state index contributed by atoms with van der Waals surface area (Å²) < 4.78 is 11.1. The third-order valence-electron chi connectivity index (χ3n) is 3.36. The summed E-state index contributed by atoms with van der Waals surface area (Å²) in [4.78, 5) is 0. The fourth-order valence-electron chi connectivity index (χ4n) is 2.34. The lowest BCUT2D eigenvalue weighted by Gasteiger charge is -2.21. The first kappa shape index (κ1) is 13.3. The molecule has 1 aliphatic rings. The Morgan fingerprint density at radius 1 is 1.05 bits per heavy atom. The smallest absolute Gasteiger partial charge is 0.162 e. The first-order chi connectivity index (χ1) is 9.74. The van der Waals surface area contributed by atoms with Gasteiger partial charge in [-0.05, 0) is 23.6 Å². The van der Waals surface area contributed by atoms with Crippen LogP contribution in [0.1, 0.15) is 17.2 Å². The minimum atomic E-state index is -0.166. The van der Waals surface area contributed by atoms with E-state index in [1.807, 2.05) is 24.3 Å². The van der Waals surface area contributed by atoms with Crippen LogP contribution in [0.5, 0.6) is 11.5 Å². The van der Waals surface area contributed by atoms with E-state index in [4.69, 9.17) is 26.8 Å². The number of ether oxygens (including phenoxy) is 2. The summed E-state index contributed by atoms with van der Waals surface area (Å²) in [6.45, 7) is 1.11. The van der Waals surface area contributed by atoms with Crippen molar-refractivity contribution in [1.82, 2.24) is 0 Å². The number of benzene rings is 2. The molecule has 1 aliphatic heterocycles. The second-order valence-corrected chi connectivity index (χ2v) is 5.22. The van der Waals surface area contributed by atoms with E-state index in [0.717, 1.165) is 17.7 Å². The molecule has 104 valence electrons. The van der Waals surface area contributed by atoms with Gasteiger partial charge in [-0.1, -0.05) is 41.9 Å². The molecule has 2 N–H and O–H groups in total. The van der Waals surface area contributed by atoms with Crippen molar-refractivity contribution in [1.29, 1.82) is 0 Å². The van der Waals surface area contributed by atoms with Crippen molar-refractivity contribution in [2.75, 3.05) is 13.2 Å². The zero-order valence-electron chi connectivity index (χ0n) is 11.0. The highest BCUT2D eigenvalue weighted by atomic mass is 35.5. The maximum absolute atomic E-state index is 6.31. The number of nitrogens with two attached hydrogens (primary N) is 1. The second-order valence-electron chi connectivity index (χ2n) is 4.81. The van der Waals surface area contributed by atoms with Crippen molar-refractivity contribution < 1.29 is 9.47 Å². The van der Waals surface area contributed by atoms with Gasteiger partial charge >= 0.3 is 0 Å². The number of hydrogen-bond acceptors (Lipinski definition) is 3. The summed E-state index contributed by atoms with van der Waals surface area (Å²) in [5.41, 5.74) is 8.35. The fraction of sp³-hybridized carbons (Fsp3) is 0.250. The molecular weight excluding hydrogens is 274 g/mol. The third-order valence-corrected chi connectivity index (χ3v) is 3.69. The molecule has 1 atom stereocenters. The maximum atomic E-state index is 6.31. The zero-order valence-corrected chi connectivity index (χ0v) is 11.8. The van der Waals surface area contributed by atoms with E-state index >= 15 is 0 Å². The Bertz CT molecular complexity index is 601. The monoisotopic (exact) mass is 289 g/mol. The SMILES string of the molecule is NC(Cc1ccccc1)c1cc2c(cc1Cl)OCCO2. The lowest BCUT2D eigenvalue weighted by Crippen LogP contribution is -2.18. The van der Waals surface area contributed by atoms with Gasteiger partial charge in [0.2, 0.25) is 0 Å². The van der Waals surface area contributed by atoms with Gasteiger partial charge in [0, 0.05) is 17.1 Å². The van der Waals surface area contributed by atoms with Crippen LogP contribution in [0.2, 0.25) is 5.02 Å². The number of halogens is 1. The quantitative estimate of drug-likeness (QED) is 0.942. The normalized spacial score (nSPS) is 14.9. The Morgan fingerprint density at radius 2 is 1.70 bits per heavy atom. The van der Waals surface area contributed by atoms with Gasteiger partial charge in [-0.15, -0.1) is 0 Å². The topological polar surface area (TPSA) is 44.5 Å². The molecule has 0 bridgehead atoms. The van der Waals surface area contributed by atoms with Crippen molar-refractivity contribution in [2.45, 2.75) is 12.5 Å². The third kappa shape index (κ3) is 2.74. The second kappa shape index (κ2) is 5.73. The Balaban J connectivity index is 1.86. The Morgan fingerprint density at radius 3 is 2.40 bits per heavy atom. The highest BCUT2D eigenvalue weighted by Gasteiger charge is 2.18. The summed E-state index contributed by atoms with van der Waals surface area (Å²) in [5.74, 6) is 1.41. The van der Waals surface area contributed by atoms with Crippen LogP contribution < -0.4 is 15.2 Å². The Hall–Kier alpha value is -1.71. The van der Waals surface area contributed by atoms with Crippen LogP contribution in [0, 0.1) is 0 Å². The van der Waals surface area contributed by atoms with Crippen LogP contribution >= 0.6 is 11.6 Å². The van der Waals surface area contributed by atoms with Crippen molar-refractivity contribution in [3.8, 4) is 11.5 Å². The molecule has 0 radical (unpaired) electrons. The molecule has 0 saturated heterocycles. The van der Waals surface area contributed by atoms with Crippen molar-refractivity contribution in [2.24, 2.45) is 5.73 Å². The molecule has 0 saturated carbocycles. The van der Waals surface area contributed by atoms with Gasteiger partial charge in [0.15, 0.2) is 11.5 Å². The van der Waals surface area contributed by atoms with Gasteiger partial charge in [0.25, 0.3) is 0 Å². The molecule has 3 rings (SSSR count).